The van der Waals surface area contributed by atoms with E-state index in [9.17, 15) is 5.26 Å². The van der Waals surface area contributed by atoms with Crippen LogP contribution < -0.4 is 9.47 Å². The van der Waals surface area contributed by atoms with E-state index in [1.807, 2.05) is 48.7 Å². The van der Waals surface area contributed by atoms with E-state index >= 15 is 0 Å². The summed E-state index contributed by atoms with van der Waals surface area (Å²) in [6.45, 7) is 5.00. The normalized spacial score (nSPS) is 11.1. The van der Waals surface area contributed by atoms with E-state index in [1.165, 1.54) is 11.8 Å². The number of benzene rings is 2. The fraction of sp³-hybridized carbons (Fsp3) is 0.292. The van der Waals surface area contributed by atoms with E-state index in [-0.39, 0.29) is 5.41 Å². The average Bonchev–Trinajstić information content (AvgIpc) is 2.81. The summed E-state index contributed by atoms with van der Waals surface area (Å²) in [6, 6.07) is 15.7. The Morgan fingerprint density at radius 3 is 2.53 bits per heavy atom. The van der Waals surface area contributed by atoms with Gasteiger partial charge in [-0.2, -0.15) is 5.26 Å². The van der Waals surface area contributed by atoms with E-state index in [4.69, 9.17) is 21.1 Å². The number of alkyl halides is 1. The summed E-state index contributed by atoms with van der Waals surface area (Å²) in [6.07, 6.45) is 3.68. The first-order valence-electron chi connectivity index (χ1n) is 9.91. The van der Waals surface area contributed by atoms with Crippen molar-refractivity contribution in [2.24, 2.45) is 0 Å². The highest BCUT2D eigenvalue weighted by Crippen LogP contribution is 2.38. The molecule has 0 N–H and O–H groups in total. The van der Waals surface area contributed by atoms with E-state index < -0.39 is 0 Å². The Labute approximate surface area is 206 Å². The largest absolute Gasteiger partial charge is 0.490 e. The summed E-state index contributed by atoms with van der Waals surface area (Å²) in [4.78, 5) is 8.60. The minimum absolute atomic E-state index is 0.371. The first-order valence-corrected chi connectivity index (χ1v) is 12.6. The molecule has 0 spiro atoms. The van der Waals surface area contributed by atoms with Crippen LogP contribution in [0.25, 0.3) is 0 Å². The van der Waals surface area contributed by atoms with Crippen molar-refractivity contribution in [3.8, 4) is 17.6 Å². The van der Waals surface area contributed by atoms with Crippen molar-refractivity contribution in [3.63, 3.8) is 0 Å². The van der Waals surface area contributed by atoms with Crippen molar-refractivity contribution in [2.45, 2.75) is 31.0 Å². The predicted molar refractivity (Wildman–Crippen MR) is 132 cm³/mol. The third-order valence-corrected chi connectivity index (χ3v) is 6.21. The Morgan fingerprint density at radius 1 is 1.12 bits per heavy atom. The van der Waals surface area contributed by atoms with Gasteiger partial charge in [0.05, 0.1) is 22.9 Å². The highest BCUT2D eigenvalue weighted by Gasteiger charge is 2.26. The van der Waals surface area contributed by atoms with E-state index in [0.717, 1.165) is 27.7 Å². The first-order chi connectivity index (χ1) is 15.4. The standard InChI is InChI=1S/C24H23BrClN3O2S/c1-24(2,18-12-16(14-27)22(21(26)13-18)30-11-9-25)17-4-6-20(7-5-17)31-15-19-8-10-28-23(29-19)32-3/h4-8,10,12-13H,9,11,15H2,1-3H3. The fourth-order valence-corrected chi connectivity index (χ4v) is 3.98. The van der Waals surface area contributed by atoms with Crippen LogP contribution in [0.3, 0.4) is 0 Å². The molecular formula is C24H23BrClN3O2S. The summed E-state index contributed by atoms with van der Waals surface area (Å²) in [5, 5.41) is 11.4. The highest BCUT2D eigenvalue weighted by molar-refractivity contribution is 9.09. The lowest BCUT2D eigenvalue weighted by molar-refractivity contribution is 0.300. The molecule has 8 heteroatoms. The van der Waals surface area contributed by atoms with Crippen LogP contribution in [0.15, 0.2) is 53.8 Å². The van der Waals surface area contributed by atoms with Crippen LogP contribution in [-0.2, 0) is 12.0 Å². The van der Waals surface area contributed by atoms with Crippen LogP contribution >= 0.6 is 39.3 Å². The summed E-state index contributed by atoms with van der Waals surface area (Å²) in [5.74, 6) is 1.18. The van der Waals surface area contributed by atoms with Crippen LogP contribution in [0, 0.1) is 11.3 Å². The zero-order chi connectivity index (χ0) is 23.1. The van der Waals surface area contributed by atoms with Crippen LogP contribution in [0.1, 0.15) is 36.2 Å². The van der Waals surface area contributed by atoms with Crippen molar-refractivity contribution in [1.29, 1.82) is 5.26 Å². The number of thioether (sulfide) groups is 1. The minimum Gasteiger partial charge on any atom is -0.490 e. The maximum Gasteiger partial charge on any atom is 0.187 e. The molecule has 0 aliphatic rings. The van der Waals surface area contributed by atoms with Gasteiger partial charge in [-0.1, -0.05) is 65.3 Å². The Balaban J connectivity index is 1.78. The number of hydrogen-bond donors (Lipinski definition) is 0. The van der Waals surface area contributed by atoms with Crippen LogP contribution in [0.4, 0.5) is 0 Å². The van der Waals surface area contributed by atoms with Crippen LogP contribution in [0.2, 0.25) is 5.02 Å². The third kappa shape index (κ3) is 5.74. The topological polar surface area (TPSA) is 68.0 Å². The molecule has 5 nitrogen and oxygen atoms in total. The molecular weight excluding hydrogens is 510 g/mol. The number of rotatable bonds is 9. The second kappa shape index (κ2) is 11.0. The molecule has 0 saturated carbocycles. The van der Waals surface area contributed by atoms with E-state index in [2.05, 4.69) is 45.8 Å². The molecule has 0 bridgehead atoms. The van der Waals surface area contributed by atoms with Crippen molar-refractivity contribution in [1.82, 2.24) is 9.97 Å². The van der Waals surface area contributed by atoms with Crippen LogP contribution in [-0.4, -0.2) is 28.2 Å². The van der Waals surface area contributed by atoms with Crippen molar-refractivity contribution < 1.29 is 9.47 Å². The second-order valence-corrected chi connectivity index (χ2v) is 9.43. The van der Waals surface area contributed by atoms with Gasteiger partial charge in [0.1, 0.15) is 18.4 Å². The summed E-state index contributed by atoms with van der Waals surface area (Å²) < 4.78 is 11.5. The van der Waals surface area contributed by atoms with Crippen molar-refractivity contribution >= 4 is 39.3 Å². The van der Waals surface area contributed by atoms with Gasteiger partial charge in [0.15, 0.2) is 10.9 Å². The Morgan fingerprint density at radius 2 is 1.88 bits per heavy atom. The van der Waals surface area contributed by atoms with Gasteiger partial charge in [-0.3, -0.25) is 0 Å². The van der Waals surface area contributed by atoms with E-state index in [1.54, 1.807) is 6.20 Å². The van der Waals surface area contributed by atoms with Gasteiger partial charge >= 0.3 is 0 Å². The zero-order valence-corrected chi connectivity index (χ0v) is 21.2. The zero-order valence-electron chi connectivity index (χ0n) is 18.1. The maximum absolute atomic E-state index is 9.60. The number of ether oxygens (including phenoxy) is 2. The van der Waals surface area contributed by atoms with Gasteiger partial charge in [0.2, 0.25) is 0 Å². The Bertz CT molecular complexity index is 1120. The first kappa shape index (κ1) is 24.4. The molecule has 0 atom stereocenters. The average molecular weight is 533 g/mol. The molecule has 0 amide bonds. The van der Waals surface area contributed by atoms with Crippen LogP contribution in [0.5, 0.6) is 11.5 Å². The molecule has 0 aliphatic heterocycles. The minimum atomic E-state index is -0.373. The Hall–Kier alpha value is -2.27. The molecule has 3 rings (SSSR count). The molecule has 1 aromatic heterocycles. The van der Waals surface area contributed by atoms with Crippen molar-refractivity contribution in [2.75, 3.05) is 18.2 Å². The predicted octanol–water partition coefficient (Wildman–Crippen LogP) is 6.40. The van der Waals surface area contributed by atoms with Gasteiger partial charge in [0.25, 0.3) is 0 Å². The van der Waals surface area contributed by atoms with Gasteiger partial charge in [-0.05, 0) is 47.7 Å². The number of halogens is 2. The van der Waals surface area contributed by atoms with Gasteiger partial charge in [0, 0.05) is 16.9 Å². The summed E-state index contributed by atoms with van der Waals surface area (Å²) in [5.41, 5.74) is 2.89. The molecule has 166 valence electrons. The molecule has 0 fully saturated rings. The SMILES string of the molecule is CSc1nccc(COc2ccc(C(C)(C)c3cc(Cl)c(OCCBr)c(C#N)c3)cc2)n1. The molecule has 3 aromatic rings. The monoisotopic (exact) mass is 531 g/mol. The lowest BCUT2D eigenvalue weighted by atomic mass is 9.77. The molecule has 32 heavy (non-hydrogen) atoms. The third-order valence-electron chi connectivity index (χ3n) is 5.05. The molecule has 0 saturated heterocycles. The van der Waals surface area contributed by atoms with Gasteiger partial charge < -0.3 is 9.47 Å². The number of hydrogen-bond acceptors (Lipinski definition) is 6. The fourth-order valence-electron chi connectivity index (χ4n) is 3.17. The summed E-state index contributed by atoms with van der Waals surface area (Å²) >= 11 is 11.3. The molecule has 1 heterocycles. The number of aromatic nitrogens is 2. The van der Waals surface area contributed by atoms with Gasteiger partial charge in [-0.25, -0.2) is 9.97 Å². The Kier molecular flexibility index (Phi) is 8.41. The number of nitriles is 1. The molecule has 0 aliphatic carbocycles. The quantitative estimate of drug-likeness (QED) is 0.180. The second-order valence-electron chi connectivity index (χ2n) is 7.46. The number of nitrogens with zero attached hydrogens (tertiary/aromatic N) is 3. The van der Waals surface area contributed by atoms with Crippen molar-refractivity contribution in [3.05, 3.63) is 76.1 Å². The molecule has 0 radical (unpaired) electrons. The van der Waals surface area contributed by atoms with E-state index in [0.29, 0.717) is 34.9 Å². The molecule has 0 unspecified atom stereocenters. The van der Waals surface area contributed by atoms with Gasteiger partial charge in [-0.15, -0.1) is 0 Å². The highest BCUT2D eigenvalue weighted by atomic mass is 79.9. The maximum atomic E-state index is 9.60. The lowest BCUT2D eigenvalue weighted by Crippen LogP contribution is -2.19. The lowest BCUT2D eigenvalue weighted by Gasteiger charge is -2.27. The smallest absolute Gasteiger partial charge is 0.187 e. The molecule has 2 aromatic carbocycles. The summed E-state index contributed by atoms with van der Waals surface area (Å²) in [7, 11) is 0.